The van der Waals surface area contributed by atoms with Crippen LogP contribution in [0.2, 0.25) is 5.02 Å². The quantitative estimate of drug-likeness (QED) is 0.668. The number of amides is 1. The predicted molar refractivity (Wildman–Crippen MR) is 96.2 cm³/mol. The molecule has 0 bridgehead atoms. The number of halogens is 2. The zero-order valence-electron chi connectivity index (χ0n) is 13.9. The first kappa shape index (κ1) is 20.8. The zero-order chi connectivity index (χ0) is 20.0. The Kier molecular flexibility index (Phi) is 6.89. The second-order valence-electron chi connectivity index (χ2n) is 5.46. The number of carbonyl (C=O) groups is 2. The number of ether oxygens (including phenoxy) is 1. The summed E-state index contributed by atoms with van der Waals surface area (Å²) < 4.78 is 41.1. The van der Waals surface area contributed by atoms with Crippen LogP contribution in [0.15, 0.2) is 47.4 Å². The summed E-state index contributed by atoms with van der Waals surface area (Å²) in [5.74, 6) is -1.87. The van der Waals surface area contributed by atoms with Crippen molar-refractivity contribution >= 4 is 33.5 Å². The number of nitrogens with two attached hydrogens (primary N) is 1. The van der Waals surface area contributed by atoms with E-state index in [1.54, 1.807) is 18.2 Å². The van der Waals surface area contributed by atoms with Gasteiger partial charge in [0.2, 0.25) is 10.0 Å². The van der Waals surface area contributed by atoms with Crippen molar-refractivity contribution in [2.24, 2.45) is 5.14 Å². The first-order chi connectivity index (χ1) is 12.7. The van der Waals surface area contributed by atoms with Gasteiger partial charge in [0, 0.05) is 6.54 Å². The van der Waals surface area contributed by atoms with Gasteiger partial charge in [-0.25, -0.2) is 22.7 Å². The van der Waals surface area contributed by atoms with Gasteiger partial charge in [-0.1, -0.05) is 29.8 Å². The maximum absolute atomic E-state index is 13.5. The van der Waals surface area contributed by atoms with Crippen LogP contribution in [-0.4, -0.2) is 33.4 Å². The minimum absolute atomic E-state index is 0.123. The fraction of sp³-hybridized carbons (Fsp3) is 0.176. The fourth-order valence-corrected chi connectivity index (χ4v) is 3.22. The Balaban J connectivity index is 1.86. The topological polar surface area (TPSA) is 116 Å². The molecule has 7 nitrogen and oxygen atoms in total. The molecule has 1 amide bonds. The lowest BCUT2D eigenvalue weighted by Crippen LogP contribution is -2.30. The molecule has 0 saturated heterocycles. The van der Waals surface area contributed by atoms with Gasteiger partial charge in [-0.2, -0.15) is 0 Å². The maximum atomic E-state index is 13.5. The summed E-state index contributed by atoms with van der Waals surface area (Å²) in [5.41, 5.74) is 0.328. The molecule has 0 aliphatic carbocycles. The van der Waals surface area contributed by atoms with E-state index in [0.29, 0.717) is 5.56 Å². The highest BCUT2D eigenvalue weighted by Gasteiger charge is 2.17. The summed E-state index contributed by atoms with van der Waals surface area (Å²) in [5, 5.41) is 7.36. The molecule has 2 aromatic rings. The molecule has 0 radical (unpaired) electrons. The third kappa shape index (κ3) is 6.02. The number of hydrogen-bond donors (Lipinski definition) is 2. The highest BCUT2D eigenvalue weighted by atomic mass is 35.5. The van der Waals surface area contributed by atoms with Crippen molar-refractivity contribution in [2.45, 2.75) is 11.3 Å². The van der Waals surface area contributed by atoms with E-state index >= 15 is 0 Å². The average molecular weight is 415 g/mol. The molecule has 0 aliphatic heterocycles. The third-order valence-corrected chi connectivity index (χ3v) is 4.87. The van der Waals surface area contributed by atoms with Gasteiger partial charge in [-0.15, -0.1) is 0 Å². The molecule has 0 heterocycles. The Morgan fingerprint density at radius 1 is 1.19 bits per heavy atom. The van der Waals surface area contributed by atoms with Gasteiger partial charge in [0.1, 0.15) is 10.7 Å². The van der Waals surface area contributed by atoms with Crippen LogP contribution in [0.25, 0.3) is 0 Å². The van der Waals surface area contributed by atoms with Crippen LogP contribution in [0.3, 0.4) is 0 Å². The summed E-state index contributed by atoms with van der Waals surface area (Å²) in [6, 6.07) is 9.57. The summed E-state index contributed by atoms with van der Waals surface area (Å²) in [7, 11) is -4.11. The zero-order valence-corrected chi connectivity index (χ0v) is 15.5. The van der Waals surface area contributed by atoms with E-state index in [2.05, 4.69) is 5.32 Å². The van der Waals surface area contributed by atoms with E-state index in [0.717, 1.165) is 6.07 Å². The lowest BCUT2D eigenvalue weighted by Gasteiger charge is -2.08. The Morgan fingerprint density at radius 3 is 2.56 bits per heavy atom. The number of primary sulfonamides is 1. The Bertz CT molecular complexity index is 966. The minimum Gasteiger partial charge on any atom is -0.452 e. The van der Waals surface area contributed by atoms with E-state index in [1.807, 2.05) is 0 Å². The SMILES string of the molecule is NS(=O)(=O)c1cc(C(=O)OCC(=O)NCCc2ccccc2F)ccc1Cl. The molecular weight excluding hydrogens is 399 g/mol. The Labute approximate surface area is 160 Å². The first-order valence-corrected chi connectivity index (χ1v) is 9.60. The largest absolute Gasteiger partial charge is 0.452 e. The van der Waals surface area contributed by atoms with Crippen molar-refractivity contribution in [3.05, 3.63) is 64.4 Å². The highest BCUT2D eigenvalue weighted by Crippen LogP contribution is 2.21. The smallest absolute Gasteiger partial charge is 0.338 e. The summed E-state index contributed by atoms with van der Waals surface area (Å²) >= 11 is 5.73. The number of esters is 1. The highest BCUT2D eigenvalue weighted by molar-refractivity contribution is 7.89. The van der Waals surface area contributed by atoms with Gasteiger partial charge in [-0.05, 0) is 36.2 Å². The van der Waals surface area contributed by atoms with E-state index < -0.39 is 33.4 Å². The standard InChI is InChI=1S/C17H16ClFN2O5S/c18-13-6-5-12(9-15(13)27(20,24)25)17(23)26-10-16(22)21-8-7-11-3-1-2-4-14(11)19/h1-6,9H,7-8,10H2,(H,21,22)(H2,20,24,25). The van der Waals surface area contributed by atoms with Crippen LogP contribution in [0.1, 0.15) is 15.9 Å². The molecule has 10 heteroatoms. The van der Waals surface area contributed by atoms with Crippen molar-refractivity contribution in [3.63, 3.8) is 0 Å². The second-order valence-corrected chi connectivity index (χ2v) is 7.39. The number of carbonyl (C=O) groups excluding carboxylic acids is 2. The van der Waals surface area contributed by atoms with Gasteiger partial charge in [0.05, 0.1) is 10.6 Å². The molecule has 0 atom stereocenters. The van der Waals surface area contributed by atoms with E-state index in [1.165, 1.54) is 18.2 Å². The molecule has 2 rings (SSSR count). The predicted octanol–water partition coefficient (Wildman–Crippen LogP) is 1.64. The number of benzene rings is 2. The summed E-state index contributed by atoms with van der Waals surface area (Å²) in [4.78, 5) is 23.2. The summed E-state index contributed by atoms with van der Waals surface area (Å²) in [6.45, 7) is -0.419. The number of sulfonamides is 1. The fourth-order valence-electron chi connectivity index (χ4n) is 2.15. The van der Waals surface area contributed by atoms with Crippen molar-refractivity contribution in [1.82, 2.24) is 5.32 Å². The molecular formula is C17H16ClFN2O5S. The molecule has 0 aromatic heterocycles. The van der Waals surface area contributed by atoms with Crippen LogP contribution in [0.4, 0.5) is 4.39 Å². The number of rotatable bonds is 7. The lowest BCUT2D eigenvalue weighted by molar-refractivity contribution is -0.124. The van der Waals surface area contributed by atoms with Crippen molar-refractivity contribution in [1.29, 1.82) is 0 Å². The van der Waals surface area contributed by atoms with Crippen LogP contribution in [-0.2, 0) is 26.0 Å². The molecule has 2 aromatic carbocycles. The van der Waals surface area contributed by atoms with E-state index in [4.69, 9.17) is 21.5 Å². The maximum Gasteiger partial charge on any atom is 0.338 e. The lowest BCUT2D eigenvalue weighted by atomic mass is 10.1. The molecule has 0 unspecified atom stereocenters. The third-order valence-electron chi connectivity index (χ3n) is 3.48. The molecule has 0 aliphatic rings. The molecule has 3 N–H and O–H groups in total. The molecule has 27 heavy (non-hydrogen) atoms. The molecule has 0 saturated carbocycles. The van der Waals surface area contributed by atoms with Gasteiger partial charge in [0.25, 0.3) is 5.91 Å². The van der Waals surface area contributed by atoms with E-state index in [-0.39, 0.29) is 29.4 Å². The van der Waals surface area contributed by atoms with Gasteiger partial charge >= 0.3 is 5.97 Å². The summed E-state index contributed by atoms with van der Waals surface area (Å²) in [6.07, 6.45) is 0.279. The second kappa shape index (κ2) is 8.94. The monoisotopic (exact) mass is 414 g/mol. The van der Waals surface area contributed by atoms with Gasteiger partial charge < -0.3 is 10.1 Å². The molecule has 0 spiro atoms. The van der Waals surface area contributed by atoms with E-state index in [9.17, 15) is 22.4 Å². The number of hydrogen-bond acceptors (Lipinski definition) is 5. The van der Waals surface area contributed by atoms with Gasteiger partial charge in [0.15, 0.2) is 6.61 Å². The van der Waals surface area contributed by atoms with Crippen molar-refractivity contribution in [2.75, 3.05) is 13.2 Å². The van der Waals surface area contributed by atoms with Crippen molar-refractivity contribution in [3.8, 4) is 0 Å². The van der Waals surface area contributed by atoms with Crippen molar-refractivity contribution < 1.29 is 27.1 Å². The molecule has 0 fully saturated rings. The number of nitrogens with one attached hydrogen (secondary N) is 1. The van der Waals surface area contributed by atoms with Gasteiger partial charge in [-0.3, -0.25) is 4.79 Å². The van der Waals surface area contributed by atoms with Crippen LogP contribution in [0.5, 0.6) is 0 Å². The Hall–Kier alpha value is -2.49. The van der Waals surface area contributed by atoms with Crippen LogP contribution < -0.4 is 10.5 Å². The first-order valence-electron chi connectivity index (χ1n) is 7.68. The minimum atomic E-state index is -4.11. The Morgan fingerprint density at radius 2 is 1.89 bits per heavy atom. The van der Waals surface area contributed by atoms with Crippen LogP contribution in [0, 0.1) is 5.82 Å². The average Bonchev–Trinajstić information content (AvgIpc) is 2.60. The van der Waals surface area contributed by atoms with Crippen LogP contribution >= 0.6 is 11.6 Å². The molecule has 144 valence electrons. The normalized spacial score (nSPS) is 11.1.